The maximum atomic E-state index is 10.6. The monoisotopic (exact) mass is 194 g/mol. The molecule has 1 aromatic rings. The van der Waals surface area contributed by atoms with Crippen LogP contribution in [0.15, 0.2) is 24.3 Å². The van der Waals surface area contributed by atoms with E-state index in [9.17, 15) is 4.79 Å². The number of ether oxygens (including phenoxy) is 1. The molecule has 0 saturated carbocycles. The lowest BCUT2D eigenvalue weighted by Gasteiger charge is -2.09. The normalized spacial score (nSPS) is 12.2. The predicted molar refractivity (Wildman–Crippen MR) is 53.7 cm³/mol. The maximum absolute atomic E-state index is 10.6. The maximum Gasteiger partial charge on any atom is 0.308 e. The van der Waals surface area contributed by atoms with Gasteiger partial charge in [0.25, 0.3) is 0 Å². The summed E-state index contributed by atoms with van der Waals surface area (Å²) >= 11 is 0. The van der Waals surface area contributed by atoms with Crippen LogP contribution < -0.4 is 16.2 Å². The van der Waals surface area contributed by atoms with Gasteiger partial charge in [-0.25, -0.2) is 0 Å². The number of hydrogen-bond acceptors (Lipinski definition) is 4. The quantitative estimate of drug-likeness (QED) is 0.544. The second kappa shape index (κ2) is 4.74. The Labute approximate surface area is 82.8 Å². The summed E-state index contributed by atoms with van der Waals surface area (Å²) in [5.74, 6) is 0.186. The van der Waals surface area contributed by atoms with Gasteiger partial charge in [0.2, 0.25) is 0 Å². The van der Waals surface area contributed by atoms with Crippen molar-refractivity contribution in [1.82, 2.24) is 0 Å². The van der Waals surface area contributed by atoms with Crippen molar-refractivity contribution in [2.24, 2.45) is 11.5 Å². The number of nitrogens with two attached hydrogens (primary N) is 2. The standard InChI is InChI=1S/C10H14N2O2/c1-7(13)14-9-4-2-8(3-5-9)10(12)6-11/h2-5,10H,6,11-12H2,1H3/t10-/m0/s1. The largest absolute Gasteiger partial charge is 0.427 e. The van der Waals surface area contributed by atoms with Gasteiger partial charge in [0, 0.05) is 19.5 Å². The van der Waals surface area contributed by atoms with Crippen molar-refractivity contribution in [3.05, 3.63) is 29.8 Å². The van der Waals surface area contributed by atoms with Gasteiger partial charge >= 0.3 is 5.97 Å². The first-order chi connectivity index (χ1) is 6.63. The molecule has 0 radical (unpaired) electrons. The van der Waals surface area contributed by atoms with Gasteiger partial charge in [-0.2, -0.15) is 0 Å². The first-order valence-electron chi connectivity index (χ1n) is 4.37. The zero-order valence-electron chi connectivity index (χ0n) is 8.07. The van der Waals surface area contributed by atoms with Crippen molar-refractivity contribution in [2.75, 3.05) is 6.54 Å². The lowest BCUT2D eigenvalue weighted by Crippen LogP contribution is -2.20. The van der Waals surface area contributed by atoms with Crippen LogP contribution in [-0.4, -0.2) is 12.5 Å². The highest BCUT2D eigenvalue weighted by atomic mass is 16.5. The van der Waals surface area contributed by atoms with E-state index < -0.39 is 0 Å². The average Bonchev–Trinajstić information content (AvgIpc) is 2.17. The lowest BCUT2D eigenvalue weighted by molar-refractivity contribution is -0.131. The molecule has 1 rings (SSSR count). The van der Waals surface area contributed by atoms with E-state index in [0.717, 1.165) is 5.56 Å². The molecule has 0 aliphatic rings. The van der Waals surface area contributed by atoms with Gasteiger partial charge in [0.1, 0.15) is 5.75 Å². The van der Waals surface area contributed by atoms with Gasteiger partial charge in [0.05, 0.1) is 0 Å². The molecule has 4 heteroatoms. The van der Waals surface area contributed by atoms with E-state index in [4.69, 9.17) is 16.2 Å². The van der Waals surface area contributed by atoms with Crippen molar-refractivity contribution < 1.29 is 9.53 Å². The summed E-state index contributed by atoms with van der Waals surface area (Å²) in [6.07, 6.45) is 0. The average molecular weight is 194 g/mol. The number of carbonyl (C=O) groups is 1. The van der Waals surface area contributed by atoms with E-state index in [-0.39, 0.29) is 12.0 Å². The van der Waals surface area contributed by atoms with Crippen molar-refractivity contribution in [1.29, 1.82) is 0 Å². The minimum absolute atomic E-state index is 0.165. The second-order valence-electron chi connectivity index (χ2n) is 3.00. The number of rotatable bonds is 3. The van der Waals surface area contributed by atoms with Crippen molar-refractivity contribution >= 4 is 5.97 Å². The van der Waals surface area contributed by atoms with Crippen LogP contribution in [0.5, 0.6) is 5.75 Å². The van der Waals surface area contributed by atoms with E-state index in [0.29, 0.717) is 12.3 Å². The minimum atomic E-state index is -0.333. The summed E-state index contributed by atoms with van der Waals surface area (Å²) < 4.78 is 4.87. The molecule has 4 N–H and O–H groups in total. The minimum Gasteiger partial charge on any atom is -0.427 e. The van der Waals surface area contributed by atoms with E-state index in [1.807, 2.05) is 0 Å². The van der Waals surface area contributed by atoms with E-state index in [1.54, 1.807) is 24.3 Å². The fraction of sp³-hybridized carbons (Fsp3) is 0.300. The Morgan fingerprint density at radius 1 is 1.43 bits per heavy atom. The molecule has 0 aliphatic carbocycles. The smallest absolute Gasteiger partial charge is 0.308 e. The molecule has 4 nitrogen and oxygen atoms in total. The van der Waals surface area contributed by atoms with Crippen LogP contribution in [-0.2, 0) is 4.79 Å². The van der Waals surface area contributed by atoms with Crippen LogP contribution in [0.3, 0.4) is 0 Å². The highest BCUT2D eigenvalue weighted by Crippen LogP contribution is 2.15. The molecule has 0 aliphatic heterocycles. The molecule has 14 heavy (non-hydrogen) atoms. The van der Waals surface area contributed by atoms with Crippen LogP contribution >= 0.6 is 0 Å². The van der Waals surface area contributed by atoms with Gasteiger partial charge in [-0.1, -0.05) is 12.1 Å². The van der Waals surface area contributed by atoms with E-state index in [2.05, 4.69) is 0 Å². The van der Waals surface area contributed by atoms with Gasteiger partial charge in [-0.3, -0.25) is 4.79 Å². The van der Waals surface area contributed by atoms with Gasteiger partial charge in [-0.05, 0) is 17.7 Å². The molecule has 0 saturated heterocycles. The molecule has 1 aromatic carbocycles. The summed E-state index contributed by atoms with van der Waals surface area (Å²) in [6, 6.07) is 6.84. The van der Waals surface area contributed by atoms with Crippen LogP contribution in [0.1, 0.15) is 18.5 Å². The Morgan fingerprint density at radius 3 is 2.43 bits per heavy atom. The Balaban J connectivity index is 2.73. The summed E-state index contributed by atoms with van der Waals surface area (Å²) in [5, 5.41) is 0. The summed E-state index contributed by atoms with van der Waals surface area (Å²) in [7, 11) is 0. The van der Waals surface area contributed by atoms with Gasteiger partial charge in [-0.15, -0.1) is 0 Å². The molecule has 0 spiro atoms. The molecule has 76 valence electrons. The van der Waals surface area contributed by atoms with E-state index >= 15 is 0 Å². The fourth-order valence-corrected chi connectivity index (χ4v) is 1.09. The summed E-state index contributed by atoms with van der Waals surface area (Å²) in [5.41, 5.74) is 12.1. The Kier molecular flexibility index (Phi) is 3.62. The van der Waals surface area contributed by atoms with Crippen LogP contribution in [0.25, 0.3) is 0 Å². The third-order valence-electron chi connectivity index (χ3n) is 1.82. The molecule has 0 unspecified atom stereocenters. The first kappa shape index (κ1) is 10.7. The lowest BCUT2D eigenvalue weighted by atomic mass is 10.1. The fourth-order valence-electron chi connectivity index (χ4n) is 1.09. The molecule has 0 bridgehead atoms. The highest BCUT2D eigenvalue weighted by Gasteiger charge is 2.03. The third-order valence-corrected chi connectivity index (χ3v) is 1.82. The second-order valence-corrected chi connectivity index (χ2v) is 3.00. The number of hydrogen-bond donors (Lipinski definition) is 2. The van der Waals surface area contributed by atoms with Crippen LogP contribution in [0, 0.1) is 0 Å². The topological polar surface area (TPSA) is 78.3 Å². The number of carbonyl (C=O) groups excluding carboxylic acids is 1. The SMILES string of the molecule is CC(=O)Oc1ccc([C@@H](N)CN)cc1. The molecule has 0 amide bonds. The summed E-state index contributed by atoms with van der Waals surface area (Å²) in [4.78, 5) is 10.6. The van der Waals surface area contributed by atoms with Gasteiger partial charge < -0.3 is 16.2 Å². The summed E-state index contributed by atoms with van der Waals surface area (Å²) in [6.45, 7) is 1.76. The first-order valence-corrected chi connectivity index (χ1v) is 4.37. The molecule has 1 atom stereocenters. The van der Waals surface area contributed by atoms with Crippen molar-refractivity contribution in [3.63, 3.8) is 0 Å². The molecule has 0 heterocycles. The molecule has 0 fully saturated rings. The highest BCUT2D eigenvalue weighted by molar-refractivity contribution is 5.69. The van der Waals surface area contributed by atoms with Crippen LogP contribution in [0.4, 0.5) is 0 Å². The Hall–Kier alpha value is -1.39. The molecular formula is C10H14N2O2. The third kappa shape index (κ3) is 2.83. The Morgan fingerprint density at radius 2 is 2.00 bits per heavy atom. The van der Waals surface area contributed by atoms with Crippen molar-refractivity contribution in [2.45, 2.75) is 13.0 Å². The number of esters is 1. The molecular weight excluding hydrogens is 180 g/mol. The van der Waals surface area contributed by atoms with E-state index in [1.165, 1.54) is 6.92 Å². The zero-order valence-corrected chi connectivity index (χ0v) is 8.07. The van der Waals surface area contributed by atoms with Gasteiger partial charge in [0.15, 0.2) is 0 Å². The van der Waals surface area contributed by atoms with Crippen molar-refractivity contribution in [3.8, 4) is 5.75 Å². The predicted octanol–water partition coefficient (Wildman–Crippen LogP) is 0.570. The number of benzene rings is 1. The zero-order chi connectivity index (χ0) is 10.6. The van der Waals surface area contributed by atoms with Crippen LogP contribution in [0.2, 0.25) is 0 Å². The Bertz CT molecular complexity index is 308. The molecule has 0 aromatic heterocycles.